The summed E-state index contributed by atoms with van der Waals surface area (Å²) < 4.78 is 2.80. The van der Waals surface area contributed by atoms with Crippen molar-refractivity contribution in [1.29, 1.82) is 0 Å². The van der Waals surface area contributed by atoms with Gasteiger partial charge in [0.25, 0.3) is 0 Å². The lowest BCUT2D eigenvalue weighted by Crippen LogP contribution is -2.60. The van der Waals surface area contributed by atoms with E-state index in [1.807, 2.05) is 0 Å². The minimum atomic E-state index is -1.41. The molecule has 0 saturated heterocycles. The maximum absolute atomic E-state index is 2.80. The molecule has 0 aromatic carbocycles. The van der Waals surface area contributed by atoms with Crippen molar-refractivity contribution in [3.63, 3.8) is 0 Å². The van der Waals surface area contributed by atoms with Gasteiger partial charge in [-0.3, -0.25) is 0 Å². The first-order valence-corrected chi connectivity index (χ1v) is 9.39. The van der Waals surface area contributed by atoms with Crippen molar-refractivity contribution in [3.8, 4) is 0 Å². The molecule has 0 N–H and O–H groups in total. The minimum Gasteiger partial charge on any atom is -0.320 e. The average Bonchev–Trinajstić information content (AvgIpc) is 2.22. The Kier molecular flexibility index (Phi) is 7.34. The number of likely N-dealkylation sites (N-methyl/N-ethyl adjacent to an activating group) is 1. The first-order chi connectivity index (χ1) is 7.85. The third-order valence-corrected chi connectivity index (χ3v) is 11.4. The van der Waals surface area contributed by atoms with Crippen molar-refractivity contribution in [3.05, 3.63) is 12.2 Å². The third kappa shape index (κ3) is 3.44. The van der Waals surface area contributed by atoms with Crippen molar-refractivity contribution < 1.29 is 0 Å². The lowest BCUT2D eigenvalue weighted by atomic mass is 10.5. The Hall–Kier alpha value is -0.0831. The number of allylic oxidation sites excluding steroid dienone is 1. The fourth-order valence-electron chi connectivity index (χ4n) is 3.89. The van der Waals surface area contributed by atoms with Crippen molar-refractivity contribution in [2.45, 2.75) is 72.0 Å². The molecule has 0 heterocycles. The van der Waals surface area contributed by atoms with E-state index in [4.69, 9.17) is 0 Å². The Morgan fingerprint density at radius 2 is 1.35 bits per heavy atom. The quantitative estimate of drug-likeness (QED) is 0.454. The van der Waals surface area contributed by atoms with Gasteiger partial charge in [0.2, 0.25) is 0 Å². The van der Waals surface area contributed by atoms with E-state index in [0.717, 1.165) is 23.2 Å². The highest BCUT2D eigenvalue weighted by Crippen LogP contribution is 2.43. The molecule has 0 amide bonds. The van der Waals surface area contributed by atoms with E-state index in [2.05, 4.69) is 72.1 Å². The molecule has 0 unspecified atom stereocenters. The van der Waals surface area contributed by atoms with Crippen LogP contribution in [0.25, 0.3) is 0 Å². The zero-order chi connectivity index (χ0) is 13.6. The topological polar surface area (TPSA) is 3.24 Å². The highest BCUT2D eigenvalue weighted by molar-refractivity contribution is 6.81. The van der Waals surface area contributed by atoms with E-state index in [1.165, 1.54) is 6.54 Å². The summed E-state index contributed by atoms with van der Waals surface area (Å²) >= 11 is 0. The van der Waals surface area contributed by atoms with Gasteiger partial charge in [0, 0.05) is 6.54 Å². The fraction of sp³-hybridized carbons (Fsp3) is 0.867. The maximum atomic E-state index is 2.80. The SMILES string of the molecule is CC=CCN(CC)[Si](C(C)C)(C(C)C)C(C)C. The fourth-order valence-corrected chi connectivity index (χ4v) is 11.0. The van der Waals surface area contributed by atoms with Gasteiger partial charge < -0.3 is 4.57 Å². The molecule has 0 aliphatic heterocycles. The Labute approximate surface area is 110 Å². The zero-order valence-electron chi connectivity index (χ0n) is 13.2. The molecule has 0 spiro atoms. The van der Waals surface area contributed by atoms with E-state index >= 15 is 0 Å². The van der Waals surface area contributed by atoms with Gasteiger partial charge in [-0.15, -0.1) is 0 Å². The zero-order valence-corrected chi connectivity index (χ0v) is 14.2. The molecular weight excluding hydrogens is 222 g/mol. The lowest BCUT2D eigenvalue weighted by Gasteiger charge is -2.50. The summed E-state index contributed by atoms with van der Waals surface area (Å²) in [7, 11) is -1.41. The Morgan fingerprint density at radius 1 is 0.941 bits per heavy atom. The van der Waals surface area contributed by atoms with Crippen molar-refractivity contribution in [2.24, 2.45) is 0 Å². The van der Waals surface area contributed by atoms with Crippen LogP contribution in [0.1, 0.15) is 55.4 Å². The molecule has 0 bridgehead atoms. The van der Waals surface area contributed by atoms with Crippen LogP contribution in [0, 0.1) is 0 Å². The van der Waals surface area contributed by atoms with Crippen LogP contribution in [0.3, 0.4) is 0 Å². The van der Waals surface area contributed by atoms with Gasteiger partial charge in [-0.2, -0.15) is 0 Å². The normalized spacial score (nSPS) is 13.9. The smallest absolute Gasteiger partial charge is 0.136 e. The molecule has 102 valence electrons. The predicted octanol–water partition coefficient (Wildman–Crippen LogP) is 5.06. The van der Waals surface area contributed by atoms with Crippen LogP contribution in [0.5, 0.6) is 0 Å². The molecule has 0 atom stereocenters. The van der Waals surface area contributed by atoms with Crippen LogP contribution in [-0.4, -0.2) is 25.9 Å². The van der Waals surface area contributed by atoms with Gasteiger partial charge in [0.15, 0.2) is 0 Å². The molecule has 0 saturated carbocycles. The van der Waals surface area contributed by atoms with Crippen molar-refractivity contribution in [2.75, 3.05) is 13.1 Å². The minimum absolute atomic E-state index is 0.813. The monoisotopic (exact) mass is 255 g/mol. The van der Waals surface area contributed by atoms with Gasteiger partial charge in [0.05, 0.1) is 0 Å². The Morgan fingerprint density at radius 3 is 1.59 bits per heavy atom. The number of hydrogen-bond donors (Lipinski definition) is 0. The second kappa shape index (κ2) is 7.37. The molecule has 0 aliphatic carbocycles. The summed E-state index contributed by atoms with van der Waals surface area (Å²) in [5.41, 5.74) is 2.44. The van der Waals surface area contributed by atoms with E-state index in [1.54, 1.807) is 0 Å². The van der Waals surface area contributed by atoms with Crippen molar-refractivity contribution in [1.82, 2.24) is 4.57 Å². The Bertz CT molecular complexity index is 209. The van der Waals surface area contributed by atoms with E-state index in [9.17, 15) is 0 Å². The molecule has 0 aliphatic rings. The third-order valence-electron chi connectivity index (χ3n) is 4.27. The largest absolute Gasteiger partial charge is 0.320 e. The van der Waals surface area contributed by atoms with Gasteiger partial charge in [-0.05, 0) is 30.1 Å². The summed E-state index contributed by atoms with van der Waals surface area (Å²) in [6.07, 6.45) is 4.50. The van der Waals surface area contributed by atoms with Crippen molar-refractivity contribution >= 4 is 8.24 Å². The summed E-state index contributed by atoms with van der Waals surface area (Å²) in [6.45, 7) is 21.4. The summed E-state index contributed by atoms with van der Waals surface area (Å²) in [6, 6.07) is 0. The maximum Gasteiger partial charge on any atom is 0.136 e. The summed E-state index contributed by atoms with van der Waals surface area (Å²) in [5.74, 6) is 0. The van der Waals surface area contributed by atoms with E-state index in [-0.39, 0.29) is 0 Å². The lowest BCUT2D eigenvalue weighted by molar-refractivity contribution is 0.445. The first-order valence-electron chi connectivity index (χ1n) is 7.21. The second-order valence-corrected chi connectivity index (χ2v) is 11.8. The highest BCUT2D eigenvalue weighted by atomic mass is 28.3. The summed E-state index contributed by atoms with van der Waals surface area (Å²) in [5, 5.41) is 0. The molecule has 0 aromatic heterocycles. The number of nitrogens with zero attached hydrogens (tertiary/aromatic N) is 1. The van der Waals surface area contributed by atoms with Crippen LogP contribution in [0.4, 0.5) is 0 Å². The summed E-state index contributed by atoms with van der Waals surface area (Å²) in [4.78, 5) is 0. The van der Waals surface area contributed by atoms with Crippen LogP contribution < -0.4 is 0 Å². The molecule has 0 rings (SSSR count). The molecule has 0 fully saturated rings. The standard InChI is InChI=1S/C15H33NSi/c1-9-11-12-16(10-2)17(13(3)4,14(5)6)15(7)8/h9,11,13-15H,10,12H2,1-8H3. The number of rotatable bonds is 7. The molecule has 0 aromatic rings. The second-order valence-electron chi connectivity index (χ2n) is 5.96. The van der Waals surface area contributed by atoms with E-state index in [0.29, 0.717) is 0 Å². The van der Waals surface area contributed by atoms with E-state index < -0.39 is 8.24 Å². The van der Waals surface area contributed by atoms with Crippen LogP contribution in [0.15, 0.2) is 12.2 Å². The molecule has 1 nitrogen and oxygen atoms in total. The van der Waals surface area contributed by atoms with Crippen LogP contribution in [-0.2, 0) is 0 Å². The highest BCUT2D eigenvalue weighted by Gasteiger charge is 2.46. The molecule has 17 heavy (non-hydrogen) atoms. The van der Waals surface area contributed by atoms with Crippen LogP contribution >= 0.6 is 0 Å². The first kappa shape index (κ1) is 16.9. The molecule has 0 radical (unpaired) electrons. The average molecular weight is 256 g/mol. The van der Waals surface area contributed by atoms with Gasteiger partial charge in [-0.25, -0.2) is 0 Å². The molecular formula is C15H33NSi. The molecule has 2 heteroatoms. The number of hydrogen-bond acceptors (Lipinski definition) is 1. The van der Waals surface area contributed by atoms with Gasteiger partial charge in [0.1, 0.15) is 8.24 Å². The van der Waals surface area contributed by atoms with Crippen LogP contribution in [0.2, 0.25) is 16.6 Å². The Balaban J connectivity index is 5.37. The predicted molar refractivity (Wildman–Crippen MR) is 83.1 cm³/mol. The van der Waals surface area contributed by atoms with Gasteiger partial charge >= 0.3 is 0 Å². The van der Waals surface area contributed by atoms with Gasteiger partial charge in [-0.1, -0.05) is 60.6 Å².